The molecule has 1 aromatic heterocycles. The Balaban J connectivity index is 1.81. The molecular weight excluding hydrogens is 554 g/mol. The minimum absolute atomic E-state index is 0.153. The number of hydrogen-bond acceptors (Lipinski definition) is 12. The Morgan fingerprint density at radius 2 is 1.83 bits per heavy atom. The van der Waals surface area contributed by atoms with Gasteiger partial charge in [0.1, 0.15) is 29.9 Å². The van der Waals surface area contributed by atoms with Crippen LogP contribution in [0.4, 0.5) is 5.13 Å². The molecule has 13 heteroatoms. The maximum atomic E-state index is 14.1. The highest BCUT2D eigenvalue weighted by Crippen LogP contribution is 2.46. The minimum Gasteiger partial charge on any atom is -0.459 e. The highest BCUT2D eigenvalue weighted by molar-refractivity contribution is 7.15. The molecule has 3 N–H and O–H groups in total. The van der Waals surface area contributed by atoms with Crippen molar-refractivity contribution in [2.45, 2.75) is 95.9 Å². The summed E-state index contributed by atoms with van der Waals surface area (Å²) >= 11 is 1.35. The van der Waals surface area contributed by atoms with Crippen molar-refractivity contribution in [3.05, 3.63) is 30.3 Å². The Labute approximate surface area is 244 Å². The summed E-state index contributed by atoms with van der Waals surface area (Å²) in [6.45, 7) is 11.2. The number of carbonyl (C=O) groups is 3. The van der Waals surface area contributed by atoms with Crippen molar-refractivity contribution in [2.75, 3.05) is 18.1 Å². The van der Waals surface area contributed by atoms with Crippen molar-refractivity contribution < 1.29 is 43.9 Å². The van der Waals surface area contributed by atoms with Crippen LogP contribution < -0.4 is 4.90 Å². The first-order chi connectivity index (χ1) is 19.6. The summed E-state index contributed by atoms with van der Waals surface area (Å²) in [7, 11) is 0. The van der Waals surface area contributed by atoms with Gasteiger partial charge in [-0.15, -0.1) is 16.8 Å². The molecule has 0 aromatic carbocycles. The van der Waals surface area contributed by atoms with Gasteiger partial charge in [0, 0.05) is 6.54 Å². The molecular formula is C28H41N3O9S. The number of carbonyl (C=O) groups excluding carboxylic acids is 3. The summed E-state index contributed by atoms with van der Waals surface area (Å²) < 4.78 is 15.8. The van der Waals surface area contributed by atoms with Gasteiger partial charge in [0.2, 0.25) is 17.3 Å². The second-order valence-electron chi connectivity index (χ2n) is 10.5. The first-order valence-electron chi connectivity index (χ1n) is 14.0. The molecule has 0 unspecified atom stereocenters. The van der Waals surface area contributed by atoms with Crippen molar-refractivity contribution in [1.29, 1.82) is 0 Å². The van der Waals surface area contributed by atoms with Gasteiger partial charge in [-0.25, -0.2) is 4.79 Å². The number of nitrogens with zero attached hydrogens (tertiary/aromatic N) is 3. The lowest BCUT2D eigenvalue weighted by Gasteiger charge is -2.39. The van der Waals surface area contributed by atoms with E-state index >= 15 is 0 Å². The summed E-state index contributed by atoms with van der Waals surface area (Å²) in [6, 6.07) is 0. The van der Waals surface area contributed by atoms with Gasteiger partial charge in [-0.2, -0.15) is 0 Å². The molecule has 1 amide bonds. The Morgan fingerprint density at radius 3 is 2.41 bits per heavy atom. The van der Waals surface area contributed by atoms with Crippen molar-refractivity contribution in [3.8, 4) is 0 Å². The Kier molecular flexibility index (Phi) is 12.0. The van der Waals surface area contributed by atoms with E-state index in [4.69, 9.17) is 14.2 Å². The van der Waals surface area contributed by atoms with Gasteiger partial charge in [0.25, 0.3) is 0 Å². The van der Waals surface area contributed by atoms with E-state index in [-0.39, 0.29) is 25.5 Å². The van der Waals surface area contributed by atoms with Crippen LogP contribution in [0.2, 0.25) is 0 Å². The fourth-order valence-electron chi connectivity index (χ4n) is 5.41. The average molecular weight is 596 g/mol. The molecule has 1 saturated carbocycles. The summed E-state index contributed by atoms with van der Waals surface area (Å²) in [5, 5.41) is 40.7. The molecule has 3 rings (SSSR count). The Hall–Kier alpha value is -2.71. The van der Waals surface area contributed by atoms with E-state index in [9.17, 15) is 29.7 Å². The number of aliphatic hydroxyl groups is 3. The molecule has 1 aromatic rings. The van der Waals surface area contributed by atoms with Crippen molar-refractivity contribution in [2.24, 2.45) is 11.3 Å². The fourth-order valence-corrected chi connectivity index (χ4v) is 6.20. The van der Waals surface area contributed by atoms with Gasteiger partial charge in [-0.05, 0) is 32.1 Å². The van der Waals surface area contributed by atoms with Crippen LogP contribution in [0.5, 0.6) is 0 Å². The predicted octanol–water partition coefficient (Wildman–Crippen LogP) is 2.07. The molecule has 228 valence electrons. The van der Waals surface area contributed by atoms with Gasteiger partial charge >= 0.3 is 11.9 Å². The van der Waals surface area contributed by atoms with Crippen molar-refractivity contribution >= 4 is 34.3 Å². The molecule has 2 heterocycles. The normalized spacial score (nSPS) is 26.1. The van der Waals surface area contributed by atoms with Crippen LogP contribution in [0.3, 0.4) is 0 Å². The van der Waals surface area contributed by atoms with E-state index in [2.05, 4.69) is 23.4 Å². The maximum Gasteiger partial charge on any atom is 0.338 e. The van der Waals surface area contributed by atoms with Crippen LogP contribution in [0.25, 0.3) is 0 Å². The molecule has 0 bridgehead atoms. The molecule has 41 heavy (non-hydrogen) atoms. The lowest BCUT2D eigenvalue weighted by atomic mass is 9.75. The number of hydrogen-bond donors (Lipinski definition) is 3. The van der Waals surface area contributed by atoms with Crippen molar-refractivity contribution in [3.63, 3.8) is 0 Å². The molecule has 0 spiro atoms. The van der Waals surface area contributed by atoms with Crippen LogP contribution >= 0.6 is 11.3 Å². The number of amides is 1. The molecule has 2 fully saturated rings. The molecule has 1 aliphatic heterocycles. The number of rotatable bonds is 14. The SMILES string of the molecule is C=CCOC(=O)[C@H]1O[C@@H](OC(=O)[C@H](CCC)CC2(C(=O)N(CC=C)c3nnc(CC)s3)CCCC2)[C@H](O)[C@@H](O)[C@@H]1O. The Bertz CT molecular complexity index is 1070. The molecule has 1 saturated heterocycles. The van der Waals surface area contributed by atoms with Gasteiger partial charge in [-0.3, -0.25) is 14.5 Å². The zero-order valence-electron chi connectivity index (χ0n) is 23.6. The molecule has 0 radical (unpaired) electrons. The van der Waals surface area contributed by atoms with E-state index in [1.807, 2.05) is 13.8 Å². The predicted molar refractivity (Wildman–Crippen MR) is 150 cm³/mol. The summed E-state index contributed by atoms with van der Waals surface area (Å²) in [5.41, 5.74) is -0.849. The molecule has 2 aliphatic rings. The van der Waals surface area contributed by atoms with Crippen LogP contribution in [-0.2, 0) is 35.0 Å². The number of ether oxygens (including phenoxy) is 3. The molecule has 1 aliphatic carbocycles. The fraction of sp³-hybridized carbons (Fsp3) is 0.679. The number of esters is 2. The lowest BCUT2D eigenvalue weighted by molar-refractivity contribution is -0.288. The van der Waals surface area contributed by atoms with Crippen LogP contribution in [0, 0.1) is 11.3 Å². The maximum absolute atomic E-state index is 14.1. The highest BCUT2D eigenvalue weighted by atomic mass is 32.1. The van der Waals surface area contributed by atoms with Gasteiger partial charge in [0.15, 0.2) is 6.10 Å². The van der Waals surface area contributed by atoms with E-state index in [1.54, 1.807) is 11.0 Å². The monoisotopic (exact) mass is 595 g/mol. The van der Waals surface area contributed by atoms with Crippen LogP contribution in [-0.4, -0.2) is 87.2 Å². The second kappa shape index (κ2) is 15.0. The smallest absolute Gasteiger partial charge is 0.338 e. The summed E-state index contributed by atoms with van der Waals surface area (Å²) in [4.78, 5) is 41.5. The first kappa shape index (κ1) is 32.8. The largest absolute Gasteiger partial charge is 0.459 e. The van der Waals surface area contributed by atoms with Gasteiger partial charge in [0.05, 0.1) is 11.3 Å². The first-order valence-corrected chi connectivity index (χ1v) is 14.9. The van der Waals surface area contributed by atoms with Gasteiger partial charge in [-0.1, -0.05) is 63.2 Å². The highest BCUT2D eigenvalue weighted by Gasteiger charge is 2.51. The van der Waals surface area contributed by atoms with E-state index in [0.717, 1.165) is 17.8 Å². The molecule has 12 nitrogen and oxygen atoms in total. The zero-order valence-corrected chi connectivity index (χ0v) is 24.5. The number of anilines is 1. The van der Waals surface area contributed by atoms with Gasteiger partial charge < -0.3 is 29.5 Å². The third kappa shape index (κ3) is 7.58. The van der Waals surface area contributed by atoms with E-state index in [0.29, 0.717) is 37.2 Å². The average Bonchev–Trinajstić information content (AvgIpc) is 3.65. The van der Waals surface area contributed by atoms with Crippen LogP contribution in [0.1, 0.15) is 63.8 Å². The summed E-state index contributed by atoms with van der Waals surface area (Å²) in [5.74, 6) is -2.63. The third-order valence-electron chi connectivity index (χ3n) is 7.55. The van der Waals surface area contributed by atoms with Crippen molar-refractivity contribution in [1.82, 2.24) is 10.2 Å². The van der Waals surface area contributed by atoms with E-state index in [1.165, 1.54) is 17.4 Å². The second-order valence-corrected chi connectivity index (χ2v) is 11.5. The standard InChI is InChI=1S/C28H41N3O9S/c1-5-11-17(23(35)40-25-21(34)19(32)20(33)22(39-25)24(36)38-15-7-3)16-28(12-9-10-13-28)26(37)31(14-6-2)27-30-29-18(8-4)41-27/h6-7,17,19-22,25,32-34H,2-3,5,8-16H2,1,4H3/t17-,19+,20+,21-,22+,25+/m1/s1. The van der Waals surface area contributed by atoms with Crippen LogP contribution in [0.15, 0.2) is 25.3 Å². The number of aryl methyl sites for hydroxylation is 1. The quantitative estimate of drug-likeness (QED) is 0.213. The minimum atomic E-state index is -1.83. The number of aromatic nitrogens is 2. The molecule has 6 atom stereocenters. The summed E-state index contributed by atoms with van der Waals surface area (Å²) in [6.07, 6.45) is -1.22. The van der Waals surface area contributed by atoms with E-state index < -0.39 is 54.0 Å². The Morgan fingerprint density at radius 1 is 1.12 bits per heavy atom. The lowest BCUT2D eigenvalue weighted by Crippen LogP contribution is -2.61. The zero-order chi connectivity index (χ0) is 30.2. The number of aliphatic hydroxyl groups excluding tert-OH is 3. The topological polar surface area (TPSA) is 169 Å². The third-order valence-corrected chi connectivity index (χ3v) is 8.64.